The van der Waals surface area contributed by atoms with Gasteiger partial charge in [-0.3, -0.25) is 4.79 Å². The van der Waals surface area contributed by atoms with Gasteiger partial charge in [0.15, 0.2) is 0 Å². The highest BCUT2D eigenvalue weighted by Crippen LogP contribution is 2.38. The summed E-state index contributed by atoms with van der Waals surface area (Å²) in [5, 5.41) is 0.575. The Labute approximate surface area is 112 Å². The van der Waals surface area contributed by atoms with E-state index in [1.807, 2.05) is 0 Å². The molecular weight excluding hydrogens is 314 g/mol. The lowest BCUT2D eigenvalue weighted by Gasteiger charge is -2.22. The third-order valence-electron chi connectivity index (χ3n) is 1.99. The second-order valence-electron chi connectivity index (χ2n) is 3.63. The summed E-state index contributed by atoms with van der Waals surface area (Å²) in [5.41, 5.74) is 5.30. The van der Waals surface area contributed by atoms with Crippen LogP contribution in [0.5, 0.6) is 0 Å². The Kier molecular flexibility index (Phi) is 4.79. The molecule has 0 aromatic carbocycles. The van der Waals surface area contributed by atoms with Crippen molar-refractivity contribution >= 4 is 44.8 Å². The van der Waals surface area contributed by atoms with E-state index >= 15 is 0 Å². The molecule has 2 N–H and O–H groups in total. The van der Waals surface area contributed by atoms with E-state index in [9.17, 15) is 4.79 Å². The summed E-state index contributed by atoms with van der Waals surface area (Å²) >= 11 is 10.8. The molecule has 3 nitrogen and oxygen atoms in total. The smallest absolute Gasteiger partial charge is 0.308 e. The third kappa shape index (κ3) is 3.45. The van der Waals surface area contributed by atoms with Crippen LogP contribution in [0, 0.1) is 0 Å². The van der Waals surface area contributed by atoms with Crippen LogP contribution in [-0.4, -0.2) is 12.6 Å². The summed E-state index contributed by atoms with van der Waals surface area (Å²) in [5.74, 6) is -0.312. The number of carbonyl (C=O) groups is 1. The van der Waals surface area contributed by atoms with E-state index in [0.717, 1.165) is 8.66 Å². The van der Waals surface area contributed by atoms with Crippen LogP contribution in [0.4, 0.5) is 0 Å². The molecule has 0 fully saturated rings. The maximum atomic E-state index is 11.4. The molecule has 0 aliphatic heterocycles. The Hall–Kier alpha value is -0.100. The van der Waals surface area contributed by atoms with Gasteiger partial charge < -0.3 is 10.5 Å². The molecule has 0 bridgehead atoms. The molecule has 1 aromatic heterocycles. The average Bonchev–Trinajstić information content (AvgIpc) is 2.45. The van der Waals surface area contributed by atoms with Crippen LogP contribution >= 0.6 is 38.9 Å². The van der Waals surface area contributed by atoms with Crippen LogP contribution in [0.25, 0.3) is 0 Å². The van der Waals surface area contributed by atoms with E-state index in [-0.39, 0.29) is 12.4 Å². The molecule has 90 valence electrons. The van der Waals surface area contributed by atoms with E-state index in [0.29, 0.717) is 11.6 Å². The maximum absolute atomic E-state index is 11.4. The van der Waals surface area contributed by atoms with E-state index in [2.05, 4.69) is 15.9 Å². The van der Waals surface area contributed by atoms with Crippen molar-refractivity contribution in [3.63, 3.8) is 0 Å². The van der Waals surface area contributed by atoms with Crippen molar-refractivity contribution in [3.05, 3.63) is 19.8 Å². The molecule has 1 rings (SSSR count). The average molecular weight is 327 g/mol. The van der Waals surface area contributed by atoms with Gasteiger partial charge in [-0.15, -0.1) is 11.3 Å². The molecule has 1 heterocycles. The number of hydrogen-bond donors (Lipinski definition) is 1. The summed E-state index contributed by atoms with van der Waals surface area (Å²) in [4.78, 5) is 12.2. The fourth-order valence-electron chi connectivity index (χ4n) is 1.32. The molecule has 1 aromatic rings. The largest absolute Gasteiger partial charge is 0.466 e. The molecule has 0 spiro atoms. The van der Waals surface area contributed by atoms with Crippen molar-refractivity contribution in [2.45, 2.75) is 25.8 Å². The summed E-state index contributed by atoms with van der Waals surface area (Å²) in [6, 6.07) is 1.78. The normalized spacial score (nSPS) is 14.6. The van der Waals surface area contributed by atoms with Crippen LogP contribution in [0.2, 0.25) is 5.02 Å². The van der Waals surface area contributed by atoms with Crippen LogP contribution in [0.3, 0.4) is 0 Å². The predicted octanol–water partition coefficient (Wildman–Crippen LogP) is 3.29. The molecule has 0 saturated heterocycles. The summed E-state index contributed by atoms with van der Waals surface area (Å²) in [7, 11) is 0. The number of halogens is 2. The SMILES string of the molecule is CCOC(=O)CC(C)(N)c1sc(Br)cc1Cl. The molecule has 0 radical (unpaired) electrons. The standard InChI is InChI=1S/C10H13BrClNO2S/c1-3-15-8(14)5-10(2,13)9-6(12)4-7(11)16-9/h4H,3,5,13H2,1-2H3. The first-order chi connectivity index (χ1) is 7.36. The van der Waals surface area contributed by atoms with Crippen LogP contribution < -0.4 is 5.73 Å². The number of rotatable bonds is 4. The number of ether oxygens (including phenoxy) is 1. The molecule has 0 saturated carbocycles. The molecule has 0 aliphatic rings. The van der Waals surface area contributed by atoms with Crippen molar-refractivity contribution in [1.29, 1.82) is 0 Å². The van der Waals surface area contributed by atoms with Crippen LogP contribution in [-0.2, 0) is 15.1 Å². The van der Waals surface area contributed by atoms with Crippen molar-refractivity contribution in [2.24, 2.45) is 5.73 Å². The van der Waals surface area contributed by atoms with Crippen molar-refractivity contribution in [1.82, 2.24) is 0 Å². The van der Waals surface area contributed by atoms with Crippen molar-refractivity contribution in [3.8, 4) is 0 Å². The summed E-state index contributed by atoms with van der Waals surface area (Å²) in [6.45, 7) is 3.89. The Balaban J connectivity index is 2.85. The summed E-state index contributed by atoms with van der Waals surface area (Å²) in [6.07, 6.45) is 0.119. The molecule has 1 atom stereocenters. The fraction of sp³-hybridized carbons (Fsp3) is 0.500. The zero-order chi connectivity index (χ0) is 12.3. The Morgan fingerprint density at radius 2 is 2.38 bits per heavy atom. The van der Waals surface area contributed by atoms with Crippen molar-refractivity contribution in [2.75, 3.05) is 6.61 Å². The van der Waals surface area contributed by atoms with Gasteiger partial charge in [-0.2, -0.15) is 0 Å². The minimum Gasteiger partial charge on any atom is -0.466 e. The van der Waals surface area contributed by atoms with E-state index in [1.165, 1.54) is 11.3 Å². The third-order valence-corrected chi connectivity index (χ3v) is 4.32. The minimum absolute atomic E-state index is 0.119. The second-order valence-corrected chi connectivity index (χ2v) is 6.47. The molecule has 0 amide bonds. The predicted molar refractivity (Wildman–Crippen MR) is 69.8 cm³/mol. The molecule has 16 heavy (non-hydrogen) atoms. The van der Waals surface area contributed by atoms with E-state index in [4.69, 9.17) is 22.1 Å². The fourth-order valence-corrected chi connectivity index (χ4v) is 3.51. The van der Waals surface area contributed by atoms with Gasteiger partial charge in [0, 0.05) is 4.88 Å². The van der Waals surface area contributed by atoms with Gasteiger partial charge in [0.1, 0.15) is 0 Å². The lowest BCUT2D eigenvalue weighted by Crippen LogP contribution is -2.35. The quantitative estimate of drug-likeness (QED) is 0.864. The second kappa shape index (κ2) is 5.49. The van der Waals surface area contributed by atoms with Crippen molar-refractivity contribution < 1.29 is 9.53 Å². The maximum Gasteiger partial charge on any atom is 0.308 e. The summed E-state index contributed by atoms with van der Waals surface area (Å²) < 4.78 is 5.77. The number of hydrogen-bond acceptors (Lipinski definition) is 4. The Morgan fingerprint density at radius 1 is 1.75 bits per heavy atom. The molecule has 6 heteroatoms. The van der Waals surface area contributed by atoms with Crippen LogP contribution in [0.1, 0.15) is 25.1 Å². The van der Waals surface area contributed by atoms with E-state index < -0.39 is 5.54 Å². The molecule has 1 unspecified atom stereocenters. The topological polar surface area (TPSA) is 52.3 Å². The first-order valence-electron chi connectivity index (χ1n) is 4.76. The van der Waals surface area contributed by atoms with Gasteiger partial charge in [0.2, 0.25) is 0 Å². The Bertz CT molecular complexity index is 392. The highest BCUT2D eigenvalue weighted by atomic mass is 79.9. The van der Waals surface area contributed by atoms with Gasteiger partial charge in [-0.1, -0.05) is 11.6 Å². The van der Waals surface area contributed by atoms with Gasteiger partial charge in [0.25, 0.3) is 0 Å². The molecular formula is C10H13BrClNO2S. The number of carbonyl (C=O) groups excluding carboxylic acids is 1. The lowest BCUT2D eigenvalue weighted by molar-refractivity contribution is -0.144. The van der Waals surface area contributed by atoms with Gasteiger partial charge in [-0.05, 0) is 35.8 Å². The number of esters is 1. The minimum atomic E-state index is -0.792. The van der Waals surface area contributed by atoms with Crippen LogP contribution in [0.15, 0.2) is 9.85 Å². The zero-order valence-electron chi connectivity index (χ0n) is 9.05. The van der Waals surface area contributed by atoms with Gasteiger partial charge in [-0.25, -0.2) is 0 Å². The lowest BCUT2D eigenvalue weighted by atomic mass is 9.97. The first-order valence-corrected chi connectivity index (χ1v) is 6.75. The highest BCUT2D eigenvalue weighted by molar-refractivity contribution is 9.11. The number of nitrogens with two attached hydrogens (primary N) is 1. The van der Waals surface area contributed by atoms with Gasteiger partial charge >= 0.3 is 5.97 Å². The monoisotopic (exact) mass is 325 g/mol. The molecule has 0 aliphatic carbocycles. The zero-order valence-corrected chi connectivity index (χ0v) is 12.2. The van der Waals surface area contributed by atoms with Gasteiger partial charge in [0.05, 0.1) is 27.4 Å². The Morgan fingerprint density at radius 3 is 2.81 bits per heavy atom. The van der Waals surface area contributed by atoms with E-state index in [1.54, 1.807) is 19.9 Å². The number of thiophene rings is 1. The highest BCUT2D eigenvalue weighted by Gasteiger charge is 2.29. The first kappa shape index (κ1) is 14.0.